The van der Waals surface area contributed by atoms with Crippen LogP contribution in [0.3, 0.4) is 0 Å². The van der Waals surface area contributed by atoms with Crippen LogP contribution in [-0.4, -0.2) is 12.1 Å². The van der Waals surface area contributed by atoms with Gasteiger partial charge in [-0.25, -0.2) is 0 Å². The number of hydrogen-bond acceptors (Lipinski definition) is 2. The van der Waals surface area contributed by atoms with E-state index < -0.39 is 0 Å². The Hall–Kier alpha value is -1.57. The van der Waals surface area contributed by atoms with Gasteiger partial charge in [0.1, 0.15) is 6.10 Å². The average Bonchev–Trinajstić information content (AvgIpc) is 2.57. The number of benzene rings is 1. The molecule has 3 unspecified atom stereocenters. The highest BCUT2D eigenvalue weighted by atomic mass is 16.5. The minimum absolute atomic E-state index is 0.0293. The first-order valence-corrected chi connectivity index (χ1v) is 9.55. The molecule has 1 saturated carbocycles. The Kier molecular flexibility index (Phi) is 11.1. The number of rotatable bonds is 3. The van der Waals surface area contributed by atoms with Crippen LogP contribution in [0.4, 0.5) is 0 Å². The van der Waals surface area contributed by atoms with E-state index in [9.17, 15) is 4.79 Å². The lowest BCUT2D eigenvalue weighted by atomic mass is 9.64. The van der Waals surface area contributed by atoms with Gasteiger partial charge in [0.15, 0.2) is 0 Å². The summed E-state index contributed by atoms with van der Waals surface area (Å²) in [5, 5.41) is 0. The average molecular weight is 347 g/mol. The molecule has 2 heteroatoms. The Balaban J connectivity index is 0.00000104. The molecule has 2 rings (SSSR count). The highest BCUT2D eigenvalue weighted by molar-refractivity contribution is 5.66. The lowest BCUT2D eigenvalue weighted by molar-refractivity contribution is -0.153. The lowest BCUT2D eigenvalue weighted by Gasteiger charge is -2.43. The van der Waals surface area contributed by atoms with Crippen molar-refractivity contribution in [3.8, 4) is 0 Å². The maximum Gasteiger partial charge on any atom is 0.302 e. The smallest absolute Gasteiger partial charge is 0.302 e. The first-order chi connectivity index (χ1) is 11.8. The molecule has 1 aromatic rings. The molecule has 0 N–H and O–H groups in total. The van der Waals surface area contributed by atoms with E-state index in [1.54, 1.807) is 0 Å². The van der Waals surface area contributed by atoms with Crippen molar-refractivity contribution in [2.24, 2.45) is 11.8 Å². The molecular formula is C23H38O2. The van der Waals surface area contributed by atoms with E-state index in [0.29, 0.717) is 11.8 Å². The van der Waals surface area contributed by atoms with Crippen molar-refractivity contribution in [3.05, 3.63) is 49.1 Å². The van der Waals surface area contributed by atoms with Crippen LogP contribution < -0.4 is 0 Å². The Labute approximate surface area is 155 Å². The zero-order valence-corrected chi connectivity index (χ0v) is 17.2. The quantitative estimate of drug-likeness (QED) is 0.458. The molecule has 0 radical (unpaired) electrons. The van der Waals surface area contributed by atoms with Crippen molar-refractivity contribution in [1.82, 2.24) is 0 Å². The van der Waals surface area contributed by atoms with Crippen LogP contribution in [0.25, 0.3) is 0 Å². The van der Waals surface area contributed by atoms with E-state index in [0.717, 1.165) is 12.8 Å². The van der Waals surface area contributed by atoms with E-state index in [-0.39, 0.29) is 17.5 Å². The summed E-state index contributed by atoms with van der Waals surface area (Å²) >= 11 is 0. The van der Waals surface area contributed by atoms with E-state index in [1.807, 2.05) is 6.07 Å². The number of esters is 1. The minimum Gasteiger partial charge on any atom is -0.462 e. The van der Waals surface area contributed by atoms with Crippen molar-refractivity contribution in [3.63, 3.8) is 0 Å². The molecule has 0 aromatic heterocycles. The van der Waals surface area contributed by atoms with Crippen molar-refractivity contribution in [2.75, 3.05) is 0 Å². The van der Waals surface area contributed by atoms with Gasteiger partial charge in [0.05, 0.1) is 0 Å². The largest absolute Gasteiger partial charge is 0.462 e. The third-order valence-electron chi connectivity index (χ3n) is 4.82. The highest BCUT2D eigenvalue weighted by Crippen LogP contribution is 2.43. The van der Waals surface area contributed by atoms with Gasteiger partial charge in [-0.2, -0.15) is 0 Å². The highest BCUT2D eigenvalue weighted by Gasteiger charge is 2.41. The predicted molar refractivity (Wildman–Crippen MR) is 109 cm³/mol. The lowest BCUT2D eigenvalue weighted by Crippen LogP contribution is -2.43. The molecule has 0 amide bonds. The number of carbonyl (C=O) groups is 1. The van der Waals surface area contributed by atoms with Crippen LogP contribution in [0.5, 0.6) is 0 Å². The van der Waals surface area contributed by atoms with Crippen LogP contribution in [0.1, 0.15) is 72.8 Å². The monoisotopic (exact) mass is 346 g/mol. The molecule has 25 heavy (non-hydrogen) atoms. The number of hydrogen-bond donors (Lipinski definition) is 0. The fourth-order valence-corrected chi connectivity index (χ4v) is 3.58. The zero-order valence-electron chi connectivity index (χ0n) is 17.2. The van der Waals surface area contributed by atoms with Crippen LogP contribution >= 0.6 is 0 Å². The SMILES string of the molecule is C=C.CC(=O)OC1CC(C)CCC1C(C)(C)c1ccccc1.CCC. The van der Waals surface area contributed by atoms with Crippen LogP contribution in [0, 0.1) is 11.8 Å². The van der Waals surface area contributed by atoms with Crippen molar-refractivity contribution in [2.45, 2.75) is 78.7 Å². The van der Waals surface area contributed by atoms with E-state index in [1.165, 1.54) is 25.3 Å². The Morgan fingerprint density at radius 2 is 1.68 bits per heavy atom. The second kappa shape index (κ2) is 11.9. The van der Waals surface area contributed by atoms with Gasteiger partial charge < -0.3 is 4.74 Å². The second-order valence-electron chi connectivity index (χ2n) is 7.47. The summed E-state index contributed by atoms with van der Waals surface area (Å²) in [4.78, 5) is 11.4. The molecule has 1 aliphatic carbocycles. The third kappa shape index (κ3) is 7.46. The van der Waals surface area contributed by atoms with E-state index in [4.69, 9.17) is 4.74 Å². The molecule has 0 heterocycles. The standard InChI is InChI=1S/C18H26O2.C3H8.C2H4/c1-13-10-11-16(17(12-13)20-14(2)19)18(3,4)15-8-6-5-7-9-15;1-3-2;1-2/h5-9,13,16-17H,10-12H2,1-4H3;3H2,1-2H3;1-2H2. The molecule has 0 saturated heterocycles. The molecule has 3 atom stereocenters. The minimum atomic E-state index is -0.155. The molecule has 0 aliphatic heterocycles. The Morgan fingerprint density at radius 3 is 2.16 bits per heavy atom. The summed E-state index contributed by atoms with van der Waals surface area (Å²) < 4.78 is 5.64. The molecule has 0 bridgehead atoms. The predicted octanol–water partition coefficient (Wildman–Crippen LogP) is 6.55. The first-order valence-electron chi connectivity index (χ1n) is 9.55. The Morgan fingerprint density at radius 1 is 1.16 bits per heavy atom. The Bertz CT molecular complexity index is 478. The summed E-state index contributed by atoms with van der Waals surface area (Å²) in [6.07, 6.45) is 4.63. The van der Waals surface area contributed by atoms with Gasteiger partial charge in [0.2, 0.25) is 0 Å². The van der Waals surface area contributed by atoms with Gasteiger partial charge in [0.25, 0.3) is 0 Å². The number of carbonyl (C=O) groups excluding carboxylic acids is 1. The van der Waals surface area contributed by atoms with Crippen molar-refractivity contribution in [1.29, 1.82) is 0 Å². The van der Waals surface area contributed by atoms with Gasteiger partial charge in [-0.3, -0.25) is 4.79 Å². The van der Waals surface area contributed by atoms with Gasteiger partial charge in [-0.1, -0.05) is 77.8 Å². The fourth-order valence-electron chi connectivity index (χ4n) is 3.58. The zero-order chi connectivity index (χ0) is 19.5. The number of ether oxygens (including phenoxy) is 1. The van der Waals surface area contributed by atoms with Crippen LogP contribution in [0.2, 0.25) is 0 Å². The summed E-state index contributed by atoms with van der Waals surface area (Å²) in [5.41, 5.74) is 1.36. The summed E-state index contributed by atoms with van der Waals surface area (Å²) in [6.45, 7) is 18.6. The van der Waals surface area contributed by atoms with E-state index >= 15 is 0 Å². The van der Waals surface area contributed by atoms with Crippen molar-refractivity contribution >= 4 is 5.97 Å². The molecular weight excluding hydrogens is 308 g/mol. The first kappa shape index (κ1) is 23.4. The normalized spacial score (nSPS) is 22.6. The summed E-state index contributed by atoms with van der Waals surface area (Å²) in [7, 11) is 0. The molecule has 0 spiro atoms. The second-order valence-corrected chi connectivity index (χ2v) is 7.47. The van der Waals surface area contributed by atoms with Crippen molar-refractivity contribution < 1.29 is 9.53 Å². The van der Waals surface area contributed by atoms with Crippen LogP contribution in [0.15, 0.2) is 43.5 Å². The van der Waals surface area contributed by atoms with Gasteiger partial charge in [-0.15, -0.1) is 13.2 Å². The summed E-state index contributed by atoms with van der Waals surface area (Å²) in [6, 6.07) is 10.6. The molecule has 2 nitrogen and oxygen atoms in total. The molecule has 1 aliphatic rings. The molecule has 142 valence electrons. The topological polar surface area (TPSA) is 26.3 Å². The van der Waals surface area contributed by atoms with Gasteiger partial charge in [0, 0.05) is 12.8 Å². The third-order valence-corrected chi connectivity index (χ3v) is 4.82. The maximum atomic E-state index is 11.4. The van der Waals surface area contributed by atoms with Crippen LogP contribution in [-0.2, 0) is 14.9 Å². The molecule has 1 fully saturated rings. The van der Waals surface area contributed by atoms with Gasteiger partial charge in [-0.05, 0) is 29.7 Å². The van der Waals surface area contributed by atoms with Gasteiger partial charge >= 0.3 is 5.97 Å². The van der Waals surface area contributed by atoms with E-state index in [2.05, 4.69) is 72.0 Å². The fraction of sp³-hybridized carbons (Fsp3) is 0.609. The maximum absolute atomic E-state index is 11.4. The molecule has 1 aromatic carbocycles. The summed E-state index contributed by atoms with van der Waals surface area (Å²) in [5.74, 6) is 0.880.